The molecule has 0 spiro atoms. The van der Waals surface area contributed by atoms with Gasteiger partial charge < -0.3 is 11.5 Å². The van der Waals surface area contributed by atoms with Crippen LogP contribution < -0.4 is 11.5 Å². The van der Waals surface area contributed by atoms with Crippen molar-refractivity contribution in [3.63, 3.8) is 0 Å². The molecule has 0 saturated carbocycles. The Kier molecular flexibility index (Phi) is 3.89. The highest BCUT2D eigenvalue weighted by Crippen LogP contribution is 2.35. The van der Waals surface area contributed by atoms with Gasteiger partial charge in [0.15, 0.2) is 0 Å². The largest absolute Gasteiger partial charge is 0.390 e. The zero-order valence-electron chi connectivity index (χ0n) is 11.4. The topological polar surface area (TPSA) is 72.3 Å². The van der Waals surface area contributed by atoms with Crippen molar-refractivity contribution < 1.29 is 4.79 Å². The van der Waals surface area contributed by atoms with Gasteiger partial charge in [-0.1, -0.05) is 23.7 Å². The predicted molar refractivity (Wildman–Crippen MR) is 86.5 cm³/mol. The average molecular weight is 322 g/mol. The van der Waals surface area contributed by atoms with Gasteiger partial charge in [0, 0.05) is 29.5 Å². The zero-order chi connectivity index (χ0) is 15.0. The molecule has 0 saturated heterocycles. The molecular formula is C15H16ClN3OS. The summed E-state index contributed by atoms with van der Waals surface area (Å²) in [4.78, 5) is 15.0. The number of nitrogens with two attached hydrogens (primary N) is 2. The minimum atomic E-state index is -0.423. The molecule has 3 rings (SSSR count). The van der Waals surface area contributed by atoms with E-state index in [1.54, 1.807) is 0 Å². The van der Waals surface area contributed by atoms with Gasteiger partial charge in [0.1, 0.15) is 0 Å². The molecule has 1 aromatic heterocycles. The lowest BCUT2D eigenvalue weighted by atomic mass is 10.0. The summed E-state index contributed by atoms with van der Waals surface area (Å²) in [5, 5.41) is 1.29. The molecular weight excluding hydrogens is 306 g/mol. The first kappa shape index (κ1) is 14.4. The van der Waals surface area contributed by atoms with E-state index in [4.69, 9.17) is 23.1 Å². The Morgan fingerprint density at radius 3 is 2.95 bits per heavy atom. The molecule has 1 aliphatic heterocycles. The minimum Gasteiger partial charge on any atom is -0.390 e. The number of carbonyl (C=O) groups excluding carboxylic acids is 1. The van der Waals surface area contributed by atoms with E-state index in [0.29, 0.717) is 10.6 Å². The molecule has 0 bridgehead atoms. The Balaban J connectivity index is 1.79. The van der Waals surface area contributed by atoms with E-state index in [0.717, 1.165) is 41.5 Å². The number of nitrogens with zero attached hydrogens (tertiary/aromatic N) is 1. The Morgan fingerprint density at radius 2 is 2.24 bits per heavy atom. The second-order valence-corrected chi connectivity index (χ2v) is 6.77. The Labute approximate surface area is 132 Å². The summed E-state index contributed by atoms with van der Waals surface area (Å²) in [6.07, 6.45) is 0.807. The number of benzene rings is 1. The summed E-state index contributed by atoms with van der Waals surface area (Å²) in [6.45, 7) is 2.52. The van der Waals surface area contributed by atoms with Crippen molar-refractivity contribution in [2.75, 3.05) is 12.3 Å². The molecule has 21 heavy (non-hydrogen) atoms. The fourth-order valence-electron chi connectivity index (χ4n) is 2.78. The standard InChI is InChI=1S/C15H16ClN3OS/c16-10-3-1-2-9(6-10)7-19-5-4-11-12(8-19)21-15(18)13(11)14(17)20/h1-3,6H,4-5,7-8,18H2,(H2,17,20). The second kappa shape index (κ2) is 5.67. The number of rotatable bonds is 3. The fourth-order valence-corrected chi connectivity index (χ4v) is 4.15. The van der Waals surface area contributed by atoms with Gasteiger partial charge >= 0.3 is 0 Å². The van der Waals surface area contributed by atoms with Crippen LogP contribution in [-0.2, 0) is 19.5 Å². The molecule has 1 aromatic carbocycles. The maximum absolute atomic E-state index is 11.5. The van der Waals surface area contributed by atoms with Crippen LogP contribution >= 0.6 is 22.9 Å². The molecule has 4 nitrogen and oxygen atoms in total. The molecule has 0 atom stereocenters. The lowest BCUT2D eigenvalue weighted by Gasteiger charge is -2.27. The summed E-state index contributed by atoms with van der Waals surface area (Å²) in [5.74, 6) is -0.423. The van der Waals surface area contributed by atoms with Crippen LogP contribution in [0.3, 0.4) is 0 Å². The third-order valence-electron chi connectivity index (χ3n) is 3.70. The van der Waals surface area contributed by atoms with Gasteiger partial charge in [0.05, 0.1) is 10.6 Å². The van der Waals surface area contributed by atoms with Gasteiger partial charge in [-0.05, 0) is 29.7 Å². The van der Waals surface area contributed by atoms with Crippen LogP contribution in [0, 0.1) is 0 Å². The number of thiophene rings is 1. The van der Waals surface area contributed by atoms with Gasteiger partial charge in [-0.2, -0.15) is 0 Å². The summed E-state index contributed by atoms with van der Waals surface area (Å²) in [5.41, 5.74) is 14.1. The van der Waals surface area contributed by atoms with Crippen molar-refractivity contribution >= 4 is 33.8 Å². The number of primary amides is 1. The van der Waals surface area contributed by atoms with Gasteiger partial charge in [-0.25, -0.2) is 0 Å². The maximum atomic E-state index is 11.5. The monoisotopic (exact) mass is 321 g/mol. The molecule has 4 N–H and O–H groups in total. The van der Waals surface area contributed by atoms with Gasteiger partial charge in [-0.15, -0.1) is 11.3 Å². The smallest absolute Gasteiger partial charge is 0.251 e. The van der Waals surface area contributed by atoms with Crippen molar-refractivity contribution in [2.45, 2.75) is 19.5 Å². The van der Waals surface area contributed by atoms with E-state index in [9.17, 15) is 4.79 Å². The first-order chi connectivity index (χ1) is 10.0. The number of hydrogen-bond acceptors (Lipinski definition) is 4. The molecule has 0 radical (unpaired) electrons. The fraction of sp³-hybridized carbons (Fsp3) is 0.267. The summed E-state index contributed by atoms with van der Waals surface area (Å²) in [6, 6.07) is 7.88. The third-order valence-corrected chi connectivity index (χ3v) is 4.99. The van der Waals surface area contributed by atoms with E-state index < -0.39 is 5.91 Å². The maximum Gasteiger partial charge on any atom is 0.251 e. The zero-order valence-corrected chi connectivity index (χ0v) is 13.0. The molecule has 0 aliphatic carbocycles. The number of nitrogen functional groups attached to an aromatic ring is 1. The van der Waals surface area contributed by atoms with E-state index in [2.05, 4.69) is 11.0 Å². The summed E-state index contributed by atoms with van der Waals surface area (Å²) >= 11 is 7.49. The van der Waals surface area contributed by atoms with E-state index in [-0.39, 0.29) is 0 Å². The molecule has 0 fully saturated rings. The second-order valence-electron chi connectivity index (χ2n) is 5.20. The van der Waals surface area contributed by atoms with Crippen molar-refractivity contribution in [3.05, 3.63) is 50.9 Å². The van der Waals surface area contributed by atoms with Gasteiger partial charge in [0.2, 0.25) is 0 Å². The van der Waals surface area contributed by atoms with E-state index in [1.165, 1.54) is 16.9 Å². The normalized spacial score (nSPS) is 14.9. The van der Waals surface area contributed by atoms with Crippen LogP contribution in [0.1, 0.15) is 26.4 Å². The lowest BCUT2D eigenvalue weighted by Crippen LogP contribution is -2.30. The lowest BCUT2D eigenvalue weighted by molar-refractivity contribution is 0.1000. The van der Waals surface area contributed by atoms with Crippen molar-refractivity contribution in [1.82, 2.24) is 4.90 Å². The average Bonchev–Trinajstić information content (AvgIpc) is 2.74. The van der Waals surface area contributed by atoms with Crippen LogP contribution in [-0.4, -0.2) is 17.4 Å². The van der Waals surface area contributed by atoms with Gasteiger partial charge in [0.25, 0.3) is 5.91 Å². The first-order valence-corrected chi connectivity index (χ1v) is 7.90. The number of hydrogen-bond donors (Lipinski definition) is 2. The Morgan fingerprint density at radius 1 is 1.43 bits per heavy atom. The van der Waals surface area contributed by atoms with E-state index >= 15 is 0 Å². The van der Waals surface area contributed by atoms with E-state index in [1.807, 2.05) is 18.2 Å². The summed E-state index contributed by atoms with van der Waals surface area (Å²) < 4.78 is 0. The highest BCUT2D eigenvalue weighted by Gasteiger charge is 2.25. The summed E-state index contributed by atoms with van der Waals surface area (Å²) in [7, 11) is 0. The number of carbonyl (C=O) groups is 1. The third kappa shape index (κ3) is 2.90. The highest BCUT2D eigenvalue weighted by atomic mass is 35.5. The highest BCUT2D eigenvalue weighted by molar-refractivity contribution is 7.16. The van der Waals surface area contributed by atoms with Crippen LogP contribution in [0.4, 0.5) is 5.00 Å². The quantitative estimate of drug-likeness (QED) is 0.912. The van der Waals surface area contributed by atoms with Crippen LogP contribution in [0.5, 0.6) is 0 Å². The Hall–Kier alpha value is -1.56. The molecule has 6 heteroatoms. The SMILES string of the molecule is NC(=O)c1c(N)sc2c1CCN(Cc1cccc(Cl)c1)C2. The Bertz CT molecular complexity index is 698. The molecule has 1 amide bonds. The molecule has 1 aliphatic rings. The molecule has 2 aromatic rings. The molecule has 2 heterocycles. The first-order valence-electron chi connectivity index (χ1n) is 6.71. The minimum absolute atomic E-state index is 0.423. The number of anilines is 1. The predicted octanol–water partition coefficient (Wildman–Crippen LogP) is 2.64. The molecule has 0 unspecified atom stereocenters. The van der Waals surface area contributed by atoms with Gasteiger partial charge in [-0.3, -0.25) is 9.69 Å². The van der Waals surface area contributed by atoms with Crippen LogP contribution in [0.15, 0.2) is 24.3 Å². The van der Waals surface area contributed by atoms with Crippen LogP contribution in [0.2, 0.25) is 5.02 Å². The molecule has 110 valence electrons. The number of amides is 1. The number of fused-ring (bicyclic) bond motifs is 1. The van der Waals surface area contributed by atoms with Crippen molar-refractivity contribution in [3.8, 4) is 0 Å². The van der Waals surface area contributed by atoms with Crippen molar-refractivity contribution in [2.24, 2.45) is 5.73 Å². The number of halogens is 1. The van der Waals surface area contributed by atoms with Crippen LogP contribution in [0.25, 0.3) is 0 Å². The van der Waals surface area contributed by atoms with Crippen molar-refractivity contribution in [1.29, 1.82) is 0 Å².